The van der Waals surface area contributed by atoms with Crippen LogP contribution < -0.4 is 15.6 Å². The number of hydrogen-bond acceptors (Lipinski definition) is 5. The Morgan fingerprint density at radius 3 is 2.69 bits per heavy atom. The molecule has 2 aromatic carbocycles. The molecule has 0 aliphatic rings. The number of aromatic nitrogens is 1. The molecule has 0 fully saturated rings. The summed E-state index contributed by atoms with van der Waals surface area (Å²) in [7, 11) is 1.58. The summed E-state index contributed by atoms with van der Waals surface area (Å²) in [5, 5.41) is 4.16. The van der Waals surface area contributed by atoms with Crippen molar-refractivity contribution in [2.24, 2.45) is 5.84 Å². The van der Waals surface area contributed by atoms with Crippen LogP contribution in [0, 0.1) is 0 Å². The molecular weight excluding hydrogens is 370 g/mol. The third-order valence-corrected chi connectivity index (χ3v) is 4.74. The predicted octanol–water partition coefficient (Wildman–Crippen LogP) is 4.39. The second-order valence-electron chi connectivity index (χ2n) is 5.30. The number of hydrogen-bond donors (Lipinski definition) is 1. The number of ether oxygens (including phenoxy) is 1. The Balaban J connectivity index is 1.74. The molecule has 26 heavy (non-hydrogen) atoms. The molecule has 3 aromatic rings. The normalized spacial score (nSPS) is 10.9. The van der Waals surface area contributed by atoms with Gasteiger partial charge < -0.3 is 4.74 Å². The smallest absolute Gasteiger partial charge is 0.266 e. The average Bonchev–Trinajstić information content (AvgIpc) is 3.16. The Bertz CT molecular complexity index is 938. The van der Waals surface area contributed by atoms with Crippen LogP contribution in [0.2, 0.25) is 5.02 Å². The van der Waals surface area contributed by atoms with Gasteiger partial charge in [0, 0.05) is 27.6 Å². The number of nitrogens with two attached hydrogens (primary N) is 1. The highest BCUT2D eigenvalue weighted by Gasteiger charge is 2.14. The van der Waals surface area contributed by atoms with Crippen molar-refractivity contribution in [2.75, 3.05) is 12.1 Å². The SMILES string of the molecule is COc1ccccc1C=CC(=O)N(N)c1csc(-c2ccc(Cl)cc2)n1. The van der Waals surface area contributed by atoms with Crippen molar-refractivity contribution in [2.45, 2.75) is 0 Å². The van der Waals surface area contributed by atoms with Gasteiger partial charge in [0.05, 0.1) is 7.11 Å². The summed E-state index contributed by atoms with van der Waals surface area (Å²) in [4.78, 5) is 16.7. The molecule has 3 rings (SSSR count). The van der Waals surface area contributed by atoms with Gasteiger partial charge in [0.25, 0.3) is 5.91 Å². The number of nitrogens with zero attached hydrogens (tertiary/aromatic N) is 2. The van der Waals surface area contributed by atoms with Crippen LogP contribution in [0.25, 0.3) is 16.6 Å². The van der Waals surface area contributed by atoms with Crippen LogP contribution >= 0.6 is 22.9 Å². The second-order valence-corrected chi connectivity index (χ2v) is 6.60. The second kappa shape index (κ2) is 8.14. The van der Waals surface area contributed by atoms with E-state index in [0.29, 0.717) is 16.6 Å². The molecule has 0 spiro atoms. The first-order valence-corrected chi connectivity index (χ1v) is 8.95. The number of carbonyl (C=O) groups is 1. The molecule has 0 atom stereocenters. The molecule has 0 bridgehead atoms. The van der Waals surface area contributed by atoms with Gasteiger partial charge in [0.1, 0.15) is 10.8 Å². The first-order chi connectivity index (χ1) is 12.6. The predicted molar refractivity (Wildman–Crippen MR) is 106 cm³/mol. The van der Waals surface area contributed by atoms with Crippen molar-refractivity contribution in [1.82, 2.24) is 4.98 Å². The van der Waals surface area contributed by atoms with Crippen molar-refractivity contribution in [3.8, 4) is 16.3 Å². The van der Waals surface area contributed by atoms with Gasteiger partial charge in [-0.15, -0.1) is 11.3 Å². The number of carbonyl (C=O) groups excluding carboxylic acids is 1. The first kappa shape index (κ1) is 18.1. The molecule has 7 heteroatoms. The highest BCUT2D eigenvalue weighted by atomic mass is 35.5. The first-order valence-electron chi connectivity index (χ1n) is 7.70. The van der Waals surface area contributed by atoms with Crippen LogP contribution in [0.4, 0.5) is 5.82 Å². The summed E-state index contributed by atoms with van der Waals surface area (Å²) in [5.41, 5.74) is 1.70. The lowest BCUT2D eigenvalue weighted by Gasteiger charge is -2.11. The third kappa shape index (κ3) is 4.11. The molecule has 5 nitrogen and oxygen atoms in total. The summed E-state index contributed by atoms with van der Waals surface area (Å²) < 4.78 is 5.26. The van der Waals surface area contributed by atoms with Crippen LogP contribution in [0.15, 0.2) is 60.0 Å². The van der Waals surface area contributed by atoms with E-state index in [9.17, 15) is 4.79 Å². The van der Waals surface area contributed by atoms with Crippen molar-refractivity contribution in [3.05, 3.63) is 70.6 Å². The fourth-order valence-corrected chi connectivity index (χ4v) is 3.19. The number of amides is 1. The van der Waals surface area contributed by atoms with Crippen molar-refractivity contribution in [3.63, 3.8) is 0 Å². The van der Waals surface area contributed by atoms with Crippen LogP contribution in [0.5, 0.6) is 5.75 Å². The zero-order chi connectivity index (χ0) is 18.5. The number of rotatable bonds is 5. The standard InChI is InChI=1S/C19H16ClN3O2S/c1-25-16-5-3-2-4-13(16)8-11-18(24)23(21)17-12-26-19(22-17)14-6-9-15(20)10-7-14/h2-12H,21H2,1H3. The van der Waals surface area contributed by atoms with Gasteiger partial charge in [-0.1, -0.05) is 41.9 Å². The number of halogens is 1. The van der Waals surface area contributed by atoms with Crippen molar-refractivity contribution in [1.29, 1.82) is 0 Å². The topological polar surface area (TPSA) is 68.5 Å². The monoisotopic (exact) mass is 385 g/mol. The van der Waals surface area contributed by atoms with E-state index < -0.39 is 0 Å². The average molecular weight is 386 g/mol. The maximum absolute atomic E-state index is 12.3. The van der Waals surface area contributed by atoms with Gasteiger partial charge in [-0.3, -0.25) is 4.79 Å². The summed E-state index contributed by atoms with van der Waals surface area (Å²) >= 11 is 7.30. The minimum Gasteiger partial charge on any atom is -0.496 e. The molecule has 1 aromatic heterocycles. The Labute approximate surface area is 160 Å². The van der Waals surface area contributed by atoms with E-state index in [1.165, 1.54) is 17.4 Å². The van der Waals surface area contributed by atoms with E-state index in [-0.39, 0.29) is 5.91 Å². The Morgan fingerprint density at radius 1 is 1.23 bits per heavy atom. The summed E-state index contributed by atoms with van der Waals surface area (Å²) in [5.74, 6) is 6.59. The third-order valence-electron chi connectivity index (χ3n) is 3.61. The van der Waals surface area contributed by atoms with Crippen LogP contribution in [-0.4, -0.2) is 18.0 Å². The number of hydrazine groups is 1. The molecule has 0 unspecified atom stereocenters. The maximum Gasteiger partial charge on any atom is 0.266 e. The van der Waals surface area contributed by atoms with Gasteiger partial charge in [-0.05, 0) is 24.3 Å². The molecule has 1 amide bonds. The van der Waals surface area contributed by atoms with E-state index in [2.05, 4.69) is 4.98 Å². The molecule has 0 radical (unpaired) electrons. The fourth-order valence-electron chi connectivity index (χ4n) is 2.26. The Hall–Kier alpha value is -2.67. The van der Waals surface area contributed by atoms with E-state index in [0.717, 1.165) is 21.1 Å². The van der Waals surface area contributed by atoms with E-state index >= 15 is 0 Å². The lowest BCUT2D eigenvalue weighted by Crippen LogP contribution is -2.36. The zero-order valence-corrected chi connectivity index (χ0v) is 15.5. The molecule has 2 N–H and O–H groups in total. The van der Waals surface area contributed by atoms with Gasteiger partial charge >= 0.3 is 0 Å². The summed E-state index contributed by atoms with van der Waals surface area (Å²) in [6.45, 7) is 0. The Kier molecular flexibility index (Phi) is 5.68. The molecule has 0 saturated carbocycles. The van der Waals surface area contributed by atoms with Gasteiger partial charge in [0.2, 0.25) is 0 Å². The van der Waals surface area contributed by atoms with Crippen LogP contribution in [-0.2, 0) is 4.79 Å². The largest absolute Gasteiger partial charge is 0.496 e. The van der Waals surface area contributed by atoms with Crippen LogP contribution in [0.3, 0.4) is 0 Å². The highest BCUT2D eigenvalue weighted by molar-refractivity contribution is 7.13. The quantitative estimate of drug-likeness (QED) is 0.306. The number of methoxy groups -OCH3 is 1. The van der Waals surface area contributed by atoms with Crippen molar-refractivity contribution < 1.29 is 9.53 Å². The summed E-state index contributed by atoms with van der Waals surface area (Å²) in [6, 6.07) is 14.7. The van der Waals surface area contributed by atoms with E-state index in [1.54, 1.807) is 30.7 Å². The van der Waals surface area contributed by atoms with Gasteiger partial charge in [-0.25, -0.2) is 15.8 Å². The summed E-state index contributed by atoms with van der Waals surface area (Å²) in [6.07, 6.45) is 3.05. The van der Waals surface area contributed by atoms with E-state index in [4.69, 9.17) is 22.2 Å². The highest BCUT2D eigenvalue weighted by Crippen LogP contribution is 2.28. The fraction of sp³-hybridized carbons (Fsp3) is 0.0526. The molecule has 132 valence electrons. The Morgan fingerprint density at radius 2 is 1.96 bits per heavy atom. The molecule has 1 heterocycles. The molecular formula is C19H16ClN3O2S. The molecule has 0 aliphatic heterocycles. The minimum absolute atomic E-state index is 0.384. The number of thiazole rings is 1. The molecule has 0 saturated heterocycles. The van der Waals surface area contributed by atoms with Gasteiger partial charge in [0.15, 0.2) is 5.82 Å². The number of para-hydroxylation sites is 1. The minimum atomic E-state index is -0.385. The molecule has 0 aliphatic carbocycles. The lowest BCUT2D eigenvalue weighted by atomic mass is 10.2. The lowest BCUT2D eigenvalue weighted by molar-refractivity contribution is -0.114. The van der Waals surface area contributed by atoms with E-state index in [1.807, 2.05) is 36.4 Å². The number of benzene rings is 2. The van der Waals surface area contributed by atoms with Crippen molar-refractivity contribution >= 4 is 40.7 Å². The maximum atomic E-state index is 12.3. The van der Waals surface area contributed by atoms with Gasteiger partial charge in [-0.2, -0.15) is 0 Å². The van der Waals surface area contributed by atoms with Crippen LogP contribution in [0.1, 0.15) is 5.56 Å². The zero-order valence-electron chi connectivity index (χ0n) is 13.9. The number of anilines is 1.